The summed E-state index contributed by atoms with van der Waals surface area (Å²) in [5.41, 5.74) is 0.780. The smallest absolute Gasteiger partial charge is 0.161 e. The summed E-state index contributed by atoms with van der Waals surface area (Å²) in [6.45, 7) is 0. The molecule has 0 aliphatic rings. The van der Waals surface area contributed by atoms with Crippen molar-refractivity contribution in [1.82, 2.24) is 0 Å². The lowest BCUT2D eigenvalue weighted by Crippen LogP contribution is -1.84. The molecule has 0 spiro atoms. The van der Waals surface area contributed by atoms with Crippen molar-refractivity contribution in [2.45, 2.75) is 0 Å². The van der Waals surface area contributed by atoms with Crippen molar-refractivity contribution in [2.24, 2.45) is 0 Å². The minimum atomic E-state index is -2.50. The van der Waals surface area contributed by atoms with Crippen LogP contribution in [0.3, 0.4) is 0 Å². The fraction of sp³-hybridized carbons (Fsp3) is 0. The van der Waals surface area contributed by atoms with Crippen molar-refractivity contribution >= 4 is 16.8 Å². The second-order valence-corrected chi connectivity index (χ2v) is 4.46. The van der Waals surface area contributed by atoms with Crippen LogP contribution in [0.25, 0.3) is 6.08 Å². The van der Waals surface area contributed by atoms with Gasteiger partial charge >= 0.3 is 0 Å². The molecule has 2 rings (SSSR count). The highest BCUT2D eigenvalue weighted by molar-refractivity contribution is 7.75. The molecule has 0 N–H and O–H groups in total. The normalized spacial score (nSPS) is 10.9. The van der Waals surface area contributed by atoms with Gasteiger partial charge in [0, 0.05) is 5.41 Å². The fourth-order valence-electron chi connectivity index (χ4n) is 1.45. The first kappa shape index (κ1) is 12.4. The minimum absolute atomic E-state index is 0.671. The van der Waals surface area contributed by atoms with Crippen LogP contribution in [0.4, 0.5) is 0 Å². The number of rotatable bonds is 4. The Bertz CT molecular complexity index is 608. The zero-order chi connectivity index (χ0) is 12.8. The van der Waals surface area contributed by atoms with Gasteiger partial charge in [-0.25, -0.2) is 8.42 Å². The van der Waals surface area contributed by atoms with Crippen LogP contribution < -0.4 is 4.74 Å². The van der Waals surface area contributed by atoms with Gasteiger partial charge in [0.25, 0.3) is 0 Å². The van der Waals surface area contributed by atoms with Crippen LogP contribution in [0.5, 0.6) is 11.5 Å². The summed E-state index contributed by atoms with van der Waals surface area (Å²) >= 11 is 0. The topological polar surface area (TPSA) is 43.4 Å². The lowest BCUT2D eigenvalue weighted by atomic mass is 10.2. The molecular weight excluding hydrogens is 248 g/mol. The van der Waals surface area contributed by atoms with Crippen LogP contribution in [0.1, 0.15) is 5.56 Å². The average Bonchev–Trinajstić information content (AvgIpc) is 2.38. The van der Waals surface area contributed by atoms with E-state index in [1.807, 2.05) is 48.5 Å². The lowest BCUT2D eigenvalue weighted by molar-refractivity contribution is 0.482. The molecule has 2 aromatic rings. The minimum Gasteiger partial charge on any atom is -0.457 e. The van der Waals surface area contributed by atoms with E-state index in [4.69, 9.17) is 4.74 Å². The van der Waals surface area contributed by atoms with Gasteiger partial charge < -0.3 is 4.74 Å². The molecule has 0 radical (unpaired) electrons. The highest BCUT2D eigenvalue weighted by Crippen LogP contribution is 2.22. The maximum Gasteiger partial charge on any atom is 0.161 e. The van der Waals surface area contributed by atoms with E-state index in [1.54, 1.807) is 6.07 Å². The molecule has 0 fully saturated rings. The molecule has 92 valence electrons. The van der Waals surface area contributed by atoms with E-state index in [-0.39, 0.29) is 0 Å². The summed E-state index contributed by atoms with van der Waals surface area (Å²) in [7, 11) is -2.50. The van der Waals surface area contributed by atoms with Gasteiger partial charge in [-0.3, -0.25) is 0 Å². The first-order chi connectivity index (χ1) is 8.74. The van der Waals surface area contributed by atoms with E-state index in [1.165, 1.54) is 6.08 Å². The van der Waals surface area contributed by atoms with Gasteiger partial charge in [-0.2, -0.15) is 0 Å². The number of thiol groups is 1. The number of hydrogen-bond donors (Lipinski definition) is 1. The lowest BCUT2D eigenvalue weighted by Gasteiger charge is -2.05. The average molecular weight is 260 g/mol. The molecule has 0 saturated heterocycles. The molecule has 0 unspecified atom stereocenters. The van der Waals surface area contributed by atoms with Crippen LogP contribution in [-0.2, 0) is 10.7 Å². The molecule has 0 saturated carbocycles. The van der Waals surface area contributed by atoms with E-state index in [0.717, 1.165) is 16.7 Å². The Morgan fingerprint density at radius 3 is 2.33 bits per heavy atom. The number of ether oxygens (including phenoxy) is 1. The van der Waals surface area contributed by atoms with Gasteiger partial charge in [-0.1, -0.05) is 30.3 Å². The van der Waals surface area contributed by atoms with Crippen LogP contribution in [-0.4, -0.2) is 8.42 Å². The van der Waals surface area contributed by atoms with Crippen LogP contribution >= 0.6 is 0 Å². The Hall–Kier alpha value is -2.07. The molecule has 0 aliphatic carbocycles. The standard InChI is InChI=1S/C14H12O3S/c15-18(16)10-9-12-5-4-8-14(11-12)17-13-6-2-1-3-7-13/h1-11,18H/b10-9+. The van der Waals surface area contributed by atoms with E-state index in [2.05, 4.69) is 0 Å². The Balaban J connectivity index is 2.17. The fourth-order valence-corrected chi connectivity index (χ4v) is 1.75. The number of benzene rings is 2. The Labute approximate surface area is 107 Å². The SMILES string of the molecule is O=[SH](=O)/C=C/c1cccc(Oc2ccccc2)c1. The van der Waals surface area contributed by atoms with E-state index < -0.39 is 10.7 Å². The first-order valence-electron chi connectivity index (χ1n) is 5.39. The van der Waals surface area contributed by atoms with Gasteiger partial charge in [-0.15, -0.1) is 0 Å². The van der Waals surface area contributed by atoms with Crippen LogP contribution in [0, 0.1) is 0 Å². The number of para-hydroxylation sites is 1. The van der Waals surface area contributed by atoms with Crippen molar-refractivity contribution < 1.29 is 13.2 Å². The molecule has 18 heavy (non-hydrogen) atoms. The van der Waals surface area contributed by atoms with Gasteiger partial charge in [-0.05, 0) is 35.9 Å². The van der Waals surface area contributed by atoms with Crippen molar-refractivity contribution in [3.63, 3.8) is 0 Å². The van der Waals surface area contributed by atoms with Gasteiger partial charge in [0.15, 0.2) is 10.7 Å². The second kappa shape index (κ2) is 6.02. The third-order valence-corrected chi connectivity index (χ3v) is 2.62. The van der Waals surface area contributed by atoms with Gasteiger partial charge in [0.2, 0.25) is 0 Å². The Kier molecular flexibility index (Phi) is 4.15. The molecule has 0 amide bonds. The summed E-state index contributed by atoms with van der Waals surface area (Å²) in [4.78, 5) is 0. The van der Waals surface area contributed by atoms with Crippen molar-refractivity contribution in [3.05, 3.63) is 65.6 Å². The van der Waals surface area contributed by atoms with E-state index in [9.17, 15) is 8.42 Å². The van der Waals surface area contributed by atoms with E-state index in [0.29, 0.717) is 5.75 Å². The summed E-state index contributed by atoms with van der Waals surface area (Å²) in [5, 5.41) is 1.14. The third kappa shape index (κ3) is 3.75. The Morgan fingerprint density at radius 2 is 1.61 bits per heavy atom. The predicted octanol–water partition coefficient (Wildman–Crippen LogP) is 3.06. The van der Waals surface area contributed by atoms with Crippen molar-refractivity contribution in [2.75, 3.05) is 0 Å². The summed E-state index contributed by atoms with van der Waals surface area (Å²) in [5.74, 6) is 1.41. The van der Waals surface area contributed by atoms with Crippen LogP contribution in [0.2, 0.25) is 0 Å². The summed E-state index contributed by atoms with van der Waals surface area (Å²) in [6.07, 6.45) is 1.53. The van der Waals surface area contributed by atoms with E-state index >= 15 is 0 Å². The van der Waals surface area contributed by atoms with Crippen LogP contribution in [0.15, 0.2) is 60.0 Å². The molecule has 0 aromatic heterocycles. The maximum atomic E-state index is 10.5. The molecule has 2 aromatic carbocycles. The second-order valence-electron chi connectivity index (χ2n) is 3.59. The molecule has 4 heteroatoms. The first-order valence-corrected chi connectivity index (χ1v) is 6.63. The molecule has 0 heterocycles. The van der Waals surface area contributed by atoms with Crippen molar-refractivity contribution in [3.8, 4) is 11.5 Å². The molecule has 0 bridgehead atoms. The zero-order valence-corrected chi connectivity index (χ0v) is 10.4. The molecule has 0 aliphatic heterocycles. The quantitative estimate of drug-likeness (QED) is 0.859. The highest BCUT2D eigenvalue weighted by atomic mass is 32.2. The maximum absolute atomic E-state index is 10.5. The van der Waals surface area contributed by atoms with Crippen molar-refractivity contribution in [1.29, 1.82) is 0 Å². The van der Waals surface area contributed by atoms with Gasteiger partial charge in [0.05, 0.1) is 0 Å². The largest absolute Gasteiger partial charge is 0.457 e. The highest BCUT2D eigenvalue weighted by Gasteiger charge is 1.96. The molecule has 3 nitrogen and oxygen atoms in total. The zero-order valence-electron chi connectivity index (χ0n) is 9.52. The molecular formula is C14H12O3S. The summed E-state index contributed by atoms with van der Waals surface area (Å²) in [6, 6.07) is 16.6. The third-order valence-electron chi connectivity index (χ3n) is 2.23. The van der Waals surface area contributed by atoms with Gasteiger partial charge in [0.1, 0.15) is 11.5 Å². The number of hydrogen-bond acceptors (Lipinski definition) is 3. The predicted molar refractivity (Wildman–Crippen MR) is 72.3 cm³/mol. The Morgan fingerprint density at radius 1 is 0.889 bits per heavy atom. The monoisotopic (exact) mass is 260 g/mol. The molecule has 0 atom stereocenters. The summed E-state index contributed by atoms with van der Waals surface area (Å²) < 4.78 is 26.6.